The first kappa shape index (κ1) is 8.98. The Hall–Kier alpha value is -0.590. The van der Waals surface area contributed by atoms with Crippen LogP contribution in [0.2, 0.25) is 0 Å². The number of rotatable bonds is 1. The molecule has 0 radical (unpaired) electrons. The van der Waals surface area contributed by atoms with Crippen LogP contribution in [0.1, 0.15) is 44.9 Å². The minimum absolute atomic E-state index is 0.482. The zero-order valence-electron chi connectivity index (χ0n) is 8.17. The summed E-state index contributed by atoms with van der Waals surface area (Å²) in [5.74, 6) is 2.09. The van der Waals surface area contributed by atoms with Gasteiger partial charge in [-0.15, -0.1) is 0 Å². The van der Waals surface area contributed by atoms with E-state index in [-0.39, 0.29) is 0 Å². The SMILES string of the molecule is O=C1CCC(C2C=CCCC2)CC1. The summed E-state index contributed by atoms with van der Waals surface area (Å²) in [6.07, 6.45) is 12.7. The van der Waals surface area contributed by atoms with Crippen molar-refractivity contribution >= 4 is 5.78 Å². The molecule has 1 atom stereocenters. The van der Waals surface area contributed by atoms with E-state index in [2.05, 4.69) is 12.2 Å². The molecule has 1 fully saturated rings. The van der Waals surface area contributed by atoms with Crippen molar-refractivity contribution in [1.29, 1.82) is 0 Å². The summed E-state index contributed by atoms with van der Waals surface area (Å²) in [5, 5.41) is 0. The summed E-state index contributed by atoms with van der Waals surface area (Å²) in [4.78, 5) is 11.1. The van der Waals surface area contributed by atoms with Crippen LogP contribution >= 0.6 is 0 Å². The Bertz CT molecular complexity index is 207. The molecule has 2 aliphatic rings. The lowest BCUT2D eigenvalue weighted by Crippen LogP contribution is -2.21. The molecule has 0 heterocycles. The highest BCUT2D eigenvalue weighted by Crippen LogP contribution is 2.34. The van der Waals surface area contributed by atoms with Gasteiger partial charge in [-0.3, -0.25) is 4.79 Å². The maximum Gasteiger partial charge on any atom is 0.132 e. The van der Waals surface area contributed by atoms with Gasteiger partial charge in [0.05, 0.1) is 0 Å². The van der Waals surface area contributed by atoms with Crippen molar-refractivity contribution in [2.45, 2.75) is 44.9 Å². The lowest BCUT2D eigenvalue weighted by Gasteiger charge is -2.29. The van der Waals surface area contributed by atoms with E-state index in [1.807, 2.05) is 0 Å². The summed E-state index contributed by atoms with van der Waals surface area (Å²) in [6, 6.07) is 0. The minimum Gasteiger partial charge on any atom is -0.300 e. The number of allylic oxidation sites excluding steroid dienone is 2. The Morgan fingerprint density at radius 2 is 1.92 bits per heavy atom. The summed E-state index contributed by atoms with van der Waals surface area (Å²) in [7, 11) is 0. The minimum atomic E-state index is 0.482. The molecular weight excluding hydrogens is 160 g/mol. The number of ketones is 1. The molecule has 0 aromatic heterocycles. The van der Waals surface area contributed by atoms with E-state index in [4.69, 9.17) is 0 Å². The molecule has 0 bridgehead atoms. The molecule has 0 aromatic rings. The second-order valence-corrected chi connectivity index (χ2v) is 4.40. The summed E-state index contributed by atoms with van der Waals surface area (Å²) >= 11 is 0. The van der Waals surface area contributed by atoms with E-state index < -0.39 is 0 Å². The Morgan fingerprint density at radius 1 is 1.15 bits per heavy atom. The number of hydrogen-bond donors (Lipinski definition) is 0. The largest absolute Gasteiger partial charge is 0.300 e. The van der Waals surface area contributed by atoms with Crippen molar-refractivity contribution in [3.63, 3.8) is 0 Å². The molecule has 0 amide bonds. The van der Waals surface area contributed by atoms with Gasteiger partial charge < -0.3 is 0 Å². The molecule has 0 spiro atoms. The van der Waals surface area contributed by atoms with E-state index >= 15 is 0 Å². The van der Waals surface area contributed by atoms with E-state index in [1.165, 1.54) is 19.3 Å². The first-order chi connectivity index (χ1) is 6.36. The van der Waals surface area contributed by atoms with Crippen LogP contribution in [-0.2, 0) is 4.79 Å². The topological polar surface area (TPSA) is 17.1 Å². The monoisotopic (exact) mass is 178 g/mol. The van der Waals surface area contributed by atoms with Crippen LogP contribution in [0, 0.1) is 11.8 Å². The van der Waals surface area contributed by atoms with Crippen molar-refractivity contribution in [3.05, 3.63) is 12.2 Å². The molecule has 2 aliphatic carbocycles. The second-order valence-electron chi connectivity index (χ2n) is 4.40. The van der Waals surface area contributed by atoms with Crippen LogP contribution < -0.4 is 0 Å². The molecule has 2 rings (SSSR count). The van der Waals surface area contributed by atoms with Crippen molar-refractivity contribution < 1.29 is 4.79 Å². The van der Waals surface area contributed by atoms with E-state index in [0.29, 0.717) is 5.78 Å². The van der Waals surface area contributed by atoms with Gasteiger partial charge in [0.15, 0.2) is 0 Å². The van der Waals surface area contributed by atoms with Crippen LogP contribution in [0.4, 0.5) is 0 Å². The highest BCUT2D eigenvalue weighted by atomic mass is 16.1. The highest BCUT2D eigenvalue weighted by molar-refractivity contribution is 5.79. The average molecular weight is 178 g/mol. The number of carbonyl (C=O) groups excluding carboxylic acids is 1. The third-order valence-electron chi connectivity index (χ3n) is 3.48. The lowest BCUT2D eigenvalue weighted by molar-refractivity contribution is -0.121. The fourth-order valence-electron chi connectivity index (χ4n) is 2.62. The van der Waals surface area contributed by atoms with Gasteiger partial charge in [0.2, 0.25) is 0 Å². The molecule has 0 aromatic carbocycles. The standard InChI is InChI=1S/C12H18O/c13-12-8-6-11(7-9-12)10-4-2-1-3-5-10/h2,4,10-11H,1,3,5-9H2. The fraction of sp³-hybridized carbons (Fsp3) is 0.750. The Kier molecular flexibility index (Phi) is 2.82. The van der Waals surface area contributed by atoms with Gasteiger partial charge in [-0.1, -0.05) is 12.2 Å². The molecule has 0 aliphatic heterocycles. The molecule has 13 heavy (non-hydrogen) atoms. The normalized spacial score (nSPS) is 30.8. The Balaban J connectivity index is 1.89. The summed E-state index contributed by atoms with van der Waals surface area (Å²) in [6.45, 7) is 0. The number of Topliss-reactive ketones (excluding diaryl/α,β-unsaturated/α-hetero) is 1. The van der Waals surface area contributed by atoms with Gasteiger partial charge in [0.25, 0.3) is 0 Å². The van der Waals surface area contributed by atoms with Crippen LogP contribution in [0.25, 0.3) is 0 Å². The molecule has 0 saturated heterocycles. The zero-order chi connectivity index (χ0) is 9.10. The van der Waals surface area contributed by atoms with Crippen molar-refractivity contribution in [2.24, 2.45) is 11.8 Å². The molecule has 1 nitrogen and oxygen atoms in total. The maximum absolute atomic E-state index is 11.1. The molecule has 72 valence electrons. The van der Waals surface area contributed by atoms with Crippen LogP contribution in [0.5, 0.6) is 0 Å². The quantitative estimate of drug-likeness (QED) is 0.564. The molecule has 1 heteroatoms. The second kappa shape index (κ2) is 4.08. The van der Waals surface area contributed by atoms with Gasteiger partial charge in [-0.05, 0) is 43.9 Å². The smallest absolute Gasteiger partial charge is 0.132 e. The predicted molar refractivity (Wildman–Crippen MR) is 53.4 cm³/mol. The molecule has 1 unspecified atom stereocenters. The van der Waals surface area contributed by atoms with Gasteiger partial charge in [0, 0.05) is 12.8 Å². The van der Waals surface area contributed by atoms with E-state index in [1.54, 1.807) is 0 Å². The van der Waals surface area contributed by atoms with Crippen LogP contribution in [-0.4, -0.2) is 5.78 Å². The summed E-state index contributed by atoms with van der Waals surface area (Å²) in [5.41, 5.74) is 0. The van der Waals surface area contributed by atoms with Crippen molar-refractivity contribution in [3.8, 4) is 0 Å². The highest BCUT2D eigenvalue weighted by Gasteiger charge is 2.25. The molecular formula is C12H18O. The van der Waals surface area contributed by atoms with E-state index in [9.17, 15) is 4.79 Å². The number of hydrogen-bond acceptors (Lipinski definition) is 1. The Labute approximate surface area is 80.2 Å². The first-order valence-corrected chi connectivity index (χ1v) is 5.54. The number of carbonyl (C=O) groups is 1. The fourth-order valence-corrected chi connectivity index (χ4v) is 2.62. The predicted octanol–water partition coefficient (Wildman–Crippen LogP) is 3.10. The first-order valence-electron chi connectivity index (χ1n) is 5.54. The van der Waals surface area contributed by atoms with Crippen molar-refractivity contribution in [2.75, 3.05) is 0 Å². The van der Waals surface area contributed by atoms with Crippen LogP contribution in [0.15, 0.2) is 12.2 Å². The third-order valence-corrected chi connectivity index (χ3v) is 3.48. The third kappa shape index (κ3) is 2.20. The van der Waals surface area contributed by atoms with Gasteiger partial charge in [-0.25, -0.2) is 0 Å². The van der Waals surface area contributed by atoms with Crippen molar-refractivity contribution in [1.82, 2.24) is 0 Å². The maximum atomic E-state index is 11.1. The molecule has 0 N–H and O–H groups in total. The van der Waals surface area contributed by atoms with Gasteiger partial charge >= 0.3 is 0 Å². The lowest BCUT2D eigenvalue weighted by atomic mass is 9.76. The Morgan fingerprint density at radius 3 is 2.54 bits per heavy atom. The summed E-state index contributed by atoms with van der Waals surface area (Å²) < 4.78 is 0. The van der Waals surface area contributed by atoms with Crippen LogP contribution in [0.3, 0.4) is 0 Å². The van der Waals surface area contributed by atoms with Gasteiger partial charge in [0.1, 0.15) is 5.78 Å². The molecule has 1 saturated carbocycles. The van der Waals surface area contributed by atoms with Gasteiger partial charge in [-0.2, -0.15) is 0 Å². The average Bonchev–Trinajstić information content (AvgIpc) is 2.20. The zero-order valence-corrected chi connectivity index (χ0v) is 8.17. The van der Waals surface area contributed by atoms with E-state index in [0.717, 1.165) is 37.5 Å².